The standard InChI is InChI=1S/C14H11F3N2O2/c1-9-3-2-4-12(18-9)19-13(20)10-5-7-11(8-6-10)21-14(15,16)17/h2-8H,1H3,(H,18,19,20). The van der Waals surface area contributed by atoms with Crippen LogP contribution in [0.1, 0.15) is 16.1 Å². The maximum atomic E-state index is 12.0. The number of nitrogens with zero attached hydrogens (tertiary/aromatic N) is 1. The monoisotopic (exact) mass is 296 g/mol. The first kappa shape index (κ1) is 14.8. The van der Waals surface area contributed by atoms with Crippen LogP contribution in [0.15, 0.2) is 42.5 Å². The van der Waals surface area contributed by atoms with Crippen molar-refractivity contribution in [3.05, 3.63) is 53.7 Å². The number of hydrogen-bond donors (Lipinski definition) is 1. The normalized spacial score (nSPS) is 11.0. The number of rotatable bonds is 3. The van der Waals surface area contributed by atoms with E-state index in [2.05, 4.69) is 15.0 Å². The van der Waals surface area contributed by atoms with E-state index in [1.807, 2.05) is 0 Å². The molecule has 0 saturated heterocycles. The number of aromatic nitrogens is 1. The Morgan fingerprint density at radius 1 is 1.14 bits per heavy atom. The van der Waals surface area contributed by atoms with E-state index in [0.717, 1.165) is 17.8 Å². The van der Waals surface area contributed by atoms with Gasteiger partial charge < -0.3 is 10.1 Å². The first-order chi connectivity index (χ1) is 9.83. The van der Waals surface area contributed by atoms with E-state index < -0.39 is 12.3 Å². The van der Waals surface area contributed by atoms with E-state index in [-0.39, 0.29) is 11.3 Å². The molecule has 0 atom stereocenters. The molecule has 21 heavy (non-hydrogen) atoms. The fourth-order valence-corrected chi connectivity index (χ4v) is 1.61. The Bertz CT molecular complexity index is 639. The van der Waals surface area contributed by atoms with Crippen LogP contribution in [0.25, 0.3) is 0 Å². The Morgan fingerprint density at radius 2 is 1.81 bits per heavy atom. The zero-order valence-electron chi connectivity index (χ0n) is 10.9. The summed E-state index contributed by atoms with van der Waals surface area (Å²) in [5.74, 6) is -0.477. The number of alkyl halides is 3. The van der Waals surface area contributed by atoms with Crippen molar-refractivity contribution in [3.8, 4) is 5.75 Å². The molecule has 1 N–H and O–H groups in total. The smallest absolute Gasteiger partial charge is 0.406 e. The van der Waals surface area contributed by atoms with Gasteiger partial charge >= 0.3 is 6.36 Å². The molecule has 1 amide bonds. The number of nitrogens with one attached hydrogen (secondary N) is 1. The van der Waals surface area contributed by atoms with Gasteiger partial charge in [-0.3, -0.25) is 4.79 Å². The number of benzene rings is 1. The maximum absolute atomic E-state index is 12.0. The number of pyridine rings is 1. The molecule has 2 aromatic rings. The second-order valence-corrected chi connectivity index (χ2v) is 4.19. The lowest BCUT2D eigenvalue weighted by Gasteiger charge is -2.09. The predicted octanol–water partition coefficient (Wildman–Crippen LogP) is 3.54. The Kier molecular flexibility index (Phi) is 4.11. The Balaban J connectivity index is 2.06. The minimum Gasteiger partial charge on any atom is -0.406 e. The molecule has 0 aliphatic carbocycles. The van der Waals surface area contributed by atoms with Crippen molar-refractivity contribution in [1.82, 2.24) is 4.98 Å². The Morgan fingerprint density at radius 3 is 2.38 bits per heavy atom. The molecule has 0 fully saturated rings. The maximum Gasteiger partial charge on any atom is 0.573 e. The lowest BCUT2D eigenvalue weighted by molar-refractivity contribution is -0.274. The van der Waals surface area contributed by atoms with Crippen molar-refractivity contribution >= 4 is 11.7 Å². The SMILES string of the molecule is Cc1cccc(NC(=O)c2ccc(OC(F)(F)F)cc2)n1. The number of carbonyl (C=O) groups excluding carboxylic acids is 1. The number of amides is 1. The quantitative estimate of drug-likeness (QED) is 0.942. The highest BCUT2D eigenvalue weighted by molar-refractivity contribution is 6.03. The molecule has 1 aromatic carbocycles. The number of carbonyl (C=O) groups is 1. The molecule has 0 radical (unpaired) electrons. The number of hydrogen-bond acceptors (Lipinski definition) is 3. The van der Waals surface area contributed by atoms with Gasteiger partial charge in [-0.1, -0.05) is 6.07 Å². The van der Waals surface area contributed by atoms with Gasteiger partial charge in [-0.25, -0.2) is 4.98 Å². The zero-order chi connectivity index (χ0) is 15.5. The average Bonchev–Trinajstić information content (AvgIpc) is 2.37. The lowest BCUT2D eigenvalue weighted by atomic mass is 10.2. The first-order valence-electron chi connectivity index (χ1n) is 5.94. The molecule has 0 bridgehead atoms. The number of ether oxygens (including phenoxy) is 1. The summed E-state index contributed by atoms with van der Waals surface area (Å²) in [4.78, 5) is 16.0. The molecular formula is C14H11F3N2O2. The molecule has 0 saturated carbocycles. The van der Waals surface area contributed by atoms with Gasteiger partial charge in [-0.05, 0) is 43.3 Å². The highest BCUT2D eigenvalue weighted by Gasteiger charge is 2.31. The summed E-state index contributed by atoms with van der Waals surface area (Å²) in [6.07, 6.45) is -4.75. The van der Waals surface area contributed by atoms with Gasteiger partial charge in [0, 0.05) is 11.3 Å². The predicted molar refractivity (Wildman–Crippen MR) is 70.1 cm³/mol. The minimum absolute atomic E-state index is 0.202. The van der Waals surface area contributed by atoms with Gasteiger partial charge in [-0.15, -0.1) is 13.2 Å². The second kappa shape index (κ2) is 5.82. The summed E-state index contributed by atoms with van der Waals surface area (Å²) < 4.78 is 39.8. The largest absolute Gasteiger partial charge is 0.573 e. The molecule has 1 aromatic heterocycles. The van der Waals surface area contributed by atoms with Crippen LogP contribution in [-0.4, -0.2) is 17.3 Å². The second-order valence-electron chi connectivity index (χ2n) is 4.19. The van der Waals surface area contributed by atoms with Crippen LogP contribution in [0.2, 0.25) is 0 Å². The molecular weight excluding hydrogens is 285 g/mol. The summed E-state index contributed by atoms with van der Waals surface area (Å²) in [5, 5.41) is 2.55. The number of halogens is 3. The zero-order valence-corrected chi connectivity index (χ0v) is 10.9. The third-order valence-electron chi connectivity index (χ3n) is 2.48. The van der Waals surface area contributed by atoms with Crippen molar-refractivity contribution < 1.29 is 22.7 Å². The van der Waals surface area contributed by atoms with Crippen LogP contribution >= 0.6 is 0 Å². The topological polar surface area (TPSA) is 51.2 Å². The van der Waals surface area contributed by atoms with Crippen molar-refractivity contribution in [3.63, 3.8) is 0 Å². The molecule has 0 aliphatic heterocycles. The Labute approximate surface area is 118 Å². The fourth-order valence-electron chi connectivity index (χ4n) is 1.61. The van der Waals surface area contributed by atoms with Gasteiger partial charge in [0.25, 0.3) is 5.91 Å². The molecule has 1 heterocycles. The summed E-state index contributed by atoms with van der Waals surface area (Å²) in [6.45, 7) is 1.78. The summed E-state index contributed by atoms with van der Waals surface area (Å²) in [5.41, 5.74) is 0.939. The van der Waals surface area contributed by atoms with E-state index in [4.69, 9.17) is 0 Å². The van der Waals surface area contributed by atoms with E-state index in [1.165, 1.54) is 12.1 Å². The van der Waals surface area contributed by atoms with Gasteiger partial charge in [0.15, 0.2) is 0 Å². The van der Waals surface area contributed by atoms with Gasteiger partial charge in [0.05, 0.1) is 0 Å². The fraction of sp³-hybridized carbons (Fsp3) is 0.143. The number of anilines is 1. The first-order valence-corrected chi connectivity index (χ1v) is 5.94. The third kappa shape index (κ3) is 4.48. The van der Waals surface area contributed by atoms with E-state index in [1.54, 1.807) is 25.1 Å². The molecule has 2 rings (SSSR count). The average molecular weight is 296 g/mol. The summed E-state index contributed by atoms with van der Waals surface area (Å²) >= 11 is 0. The highest BCUT2D eigenvalue weighted by atomic mass is 19.4. The minimum atomic E-state index is -4.75. The molecule has 7 heteroatoms. The van der Waals surface area contributed by atoms with Crippen LogP contribution in [0.3, 0.4) is 0 Å². The number of aryl methyl sites for hydroxylation is 1. The highest BCUT2D eigenvalue weighted by Crippen LogP contribution is 2.22. The van der Waals surface area contributed by atoms with Crippen LogP contribution in [0, 0.1) is 6.92 Å². The van der Waals surface area contributed by atoms with Crippen molar-refractivity contribution in [1.29, 1.82) is 0 Å². The van der Waals surface area contributed by atoms with Gasteiger partial charge in [0.1, 0.15) is 11.6 Å². The molecule has 0 unspecified atom stereocenters. The van der Waals surface area contributed by atoms with Crippen LogP contribution in [0.4, 0.5) is 19.0 Å². The van der Waals surface area contributed by atoms with E-state index in [9.17, 15) is 18.0 Å². The summed E-state index contributed by atoms with van der Waals surface area (Å²) in [6, 6.07) is 9.76. The molecule has 4 nitrogen and oxygen atoms in total. The van der Waals surface area contributed by atoms with E-state index in [0.29, 0.717) is 5.82 Å². The van der Waals surface area contributed by atoms with Crippen molar-refractivity contribution in [2.45, 2.75) is 13.3 Å². The molecule has 110 valence electrons. The molecule has 0 spiro atoms. The molecule has 0 aliphatic rings. The van der Waals surface area contributed by atoms with Crippen LogP contribution < -0.4 is 10.1 Å². The van der Waals surface area contributed by atoms with Gasteiger partial charge in [0.2, 0.25) is 0 Å². The van der Waals surface area contributed by atoms with Crippen LogP contribution in [0.5, 0.6) is 5.75 Å². The Hall–Kier alpha value is -2.57. The van der Waals surface area contributed by atoms with Crippen molar-refractivity contribution in [2.75, 3.05) is 5.32 Å². The van der Waals surface area contributed by atoms with E-state index >= 15 is 0 Å². The third-order valence-corrected chi connectivity index (χ3v) is 2.48. The van der Waals surface area contributed by atoms with Crippen molar-refractivity contribution in [2.24, 2.45) is 0 Å². The van der Waals surface area contributed by atoms with Gasteiger partial charge in [-0.2, -0.15) is 0 Å². The lowest BCUT2D eigenvalue weighted by Crippen LogP contribution is -2.17. The summed E-state index contributed by atoms with van der Waals surface area (Å²) in [7, 11) is 0. The van der Waals surface area contributed by atoms with Crippen LogP contribution in [-0.2, 0) is 0 Å².